The molecule has 1 aromatic heterocycles. The number of pyridine rings is 1. The first-order valence-corrected chi connectivity index (χ1v) is 12.8. The number of piperidine rings is 1. The number of hydrogen-bond donors (Lipinski definition) is 2. The minimum atomic E-state index is -0.683. The summed E-state index contributed by atoms with van der Waals surface area (Å²) in [5.74, 6) is 1.43. The van der Waals surface area contributed by atoms with Crippen LogP contribution >= 0.6 is 11.6 Å². The van der Waals surface area contributed by atoms with Crippen LogP contribution in [-0.2, 0) is 0 Å². The maximum absolute atomic E-state index is 13.2. The van der Waals surface area contributed by atoms with Crippen molar-refractivity contribution in [3.05, 3.63) is 77.1 Å². The molecule has 0 amide bonds. The van der Waals surface area contributed by atoms with Gasteiger partial charge in [0.05, 0.1) is 11.1 Å². The fourth-order valence-electron chi connectivity index (χ4n) is 5.74. The van der Waals surface area contributed by atoms with Gasteiger partial charge in [-0.25, -0.2) is 0 Å². The number of nitrogens with one attached hydrogen (secondary N) is 1. The molecule has 0 aliphatic carbocycles. The van der Waals surface area contributed by atoms with Crippen molar-refractivity contribution in [1.82, 2.24) is 10.3 Å². The summed E-state index contributed by atoms with van der Waals surface area (Å²) >= 11 is 6.61. The van der Waals surface area contributed by atoms with Crippen LogP contribution < -0.4 is 10.1 Å². The van der Waals surface area contributed by atoms with E-state index in [1.807, 2.05) is 30.3 Å². The minimum Gasteiger partial charge on any atom is -0.455 e. The SMILES string of the molecule is CC(O)c1cccc(Oc2ccc(C(=O)CC3CC(C)(C)NC(C)(C)C3)cc2Cl)c1-c1ccncc1. The highest BCUT2D eigenvalue weighted by atomic mass is 35.5. The Bertz CT molecular complexity index is 1220. The topological polar surface area (TPSA) is 71.5 Å². The molecule has 2 heterocycles. The molecule has 36 heavy (non-hydrogen) atoms. The van der Waals surface area contributed by atoms with Crippen LogP contribution in [0.2, 0.25) is 5.02 Å². The lowest BCUT2D eigenvalue weighted by atomic mass is 9.74. The van der Waals surface area contributed by atoms with Crippen LogP contribution in [0, 0.1) is 5.92 Å². The van der Waals surface area contributed by atoms with E-state index in [2.05, 4.69) is 38.0 Å². The maximum Gasteiger partial charge on any atom is 0.163 e. The van der Waals surface area contributed by atoms with Gasteiger partial charge in [0.15, 0.2) is 5.78 Å². The highest BCUT2D eigenvalue weighted by Gasteiger charge is 2.38. The lowest BCUT2D eigenvalue weighted by molar-refractivity contribution is 0.0864. The number of ether oxygens (including phenoxy) is 1. The number of halogens is 1. The van der Waals surface area contributed by atoms with Gasteiger partial charge in [-0.15, -0.1) is 0 Å². The number of aliphatic hydroxyl groups is 1. The molecule has 1 aliphatic heterocycles. The summed E-state index contributed by atoms with van der Waals surface area (Å²) in [7, 11) is 0. The lowest BCUT2D eigenvalue weighted by Gasteiger charge is -2.46. The van der Waals surface area contributed by atoms with E-state index < -0.39 is 6.10 Å². The molecule has 0 radical (unpaired) electrons. The standard InChI is InChI=1S/C30H35ClN2O3/c1-19(34)23-7-6-8-27(28(23)21-11-13-32-14-12-21)36-26-10-9-22(16-24(26)31)25(35)15-20-17-29(2,3)33-30(4,5)18-20/h6-14,16,19-20,33-34H,15,17-18H2,1-5H3. The predicted octanol–water partition coefficient (Wildman–Crippen LogP) is 7.38. The van der Waals surface area contributed by atoms with Gasteiger partial charge in [-0.1, -0.05) is 23.7 Å². The van der Waals surface area contributed by atoms with Crippen molar-refractivity contribution >= 4 is 17.4 Å². The monoisotopic (exact) mass is 506 g/mol. The number of nitrogens with zero attached hydrogens (tertiary/aromatic N) is 1. The van der Waals surface area contributed by atoms with Crippen molar-refractivity contribution in [3.63, 3.8) is 0 Å². The van der Waals surface area contributed by atoms with Crippen LogP contribution in [0.3, 0.4) is 0 Å². The van der Waals surface area contributed by atoms with Crippen molar-refractivity contribution in [2.45, 2.75) is 71.1 Å². The molecule has 190 valence electrons. The Labute approximate surface area is 218 Å². The fourth-order valence-corrected chi connectivity index (χ4v) is 5.96. The van der Waals surface area contributed by atoms with Crippen LogP contribution in [0.25, 0.3) is 11.1 Å². The largest absolute Gasteiger partial charge is 0.455 e. The maximum atomic E-state index is 13.2. The first kappa shape index (κ1) is 26.3. The molecule has 1 fully saturated rings. The molecular weight excluding hydrogens is 472 g/mol. The van der Waals surface area contributed by atoms with E-state index in [4.69, 9.17) is 16.3 Å². The number of carbonyl (C=O) groups excluding carboxylic acids is 1. The average Bonchev–Trinajstić information content (AvgIpc) is 2.78. The number of rotatable bonds is 7. The molecule has 1 unspecified atom stereocenters. The zero-order valence-corrected chi connectivity index (χ0v) is 22.4. The first-order chi connectivity index (χ1) is 16.9. The van der Waals surface area contributed by atoms with Crippen molar-refractivity contribution in [2.75, 3.05) is 0 Å². The Morgan fingerprint density at radius 2 is 1.75 bits per heavy atom. The normalized spacial score (nSPS) is 18.0. The summed E-state index contributed by atoms with van der Waals surface area (Å²) in [4.78, 5) is 17.3. The zero-order chi connectivity index (χ0) is 26.1. The minimum absolute atomic E-state index is 0.00480. The summed E-state index contributed by atoms with van der Waals surface area (Å²) in [6.07, 6.45) is 5.12. The third-order valence-electron chi connectivity index (χ3n) is 6.70. The molecule has 1 atom stereocenters. The fraction of sp³-hybridized carbons (Fsp3) is 0.400. The highest BCUT2D eigenvalue weighted by molar-refractivity contribution is 6.32. The molecule has 0 saturated carbocycles. The van der Waals surface area contributed by atoms with E-state index in [1.165, 1.54) is 0 Å². The van der Waals surface area contributed by atoms with Gasteiger partial charge in [0, 0.05) is 41.0 Å². The van der Waals surface area contributed by atoms with Gasteiger partial charge >= 0.3 is 0 Å². The second kappa shape index (κ2) is 10.3. The number of Topliss-reactive ketones (excluding diaryl/α,β-unsaturated/α-hetero) is 1. The molecule has 1 saturated heterocycles. The van der Waals surface area contributed by atoms with Crippen LogP contribution in [-0.4, -0.2) is 27.0 Å². The van der Waals surface area contributed by atoms with E-state index in [1.54, 1.807) is 37.5 Å². The van der Waals surface area contributed by atoms with E-state index in [9.17, 15) is 9.90 Å². The van der Waals surface area contributed by atoms with Gasteiger partial charge in [0.1, 0.15) is 11.5 Å². The van der Waals surface area contributed by atoms with Gasteiger partial charge in [0.2, 0.25) is 0 Å². The van der Waals surface area contributed by atoms with Crippen LogP contribution in [0.15, 0.2) is 60.9 Å². The molecule has 0 bridgehead atoms. The lowest BCUT2D eigenvalue weighted by Crippen LogP contribution is -2.57. The number of hydrogen-bond acceptors (Lipinski definition) is 5. The quantitative estimate of drug-likeness (QED) is 0.327. The number of aromatic nitrogens is 1. The third-order valence-corrected chi connectivity index (χ3v) is 7.00. The van der Waals surface area contributed by atoms with Crippen LogP contribution in [0.1, 0.15) is 75.9 Å². The average molecular weight is 507 g/mol. The number of carbonyl (C=O) groups is 1. The Hall–Kier alpha value is -2.73. The van der Waals surface area contributed by atoms with Crippen molar-refractivity contribution in [3.8, 4) is 22.6 Å². The molecule has 2 aromatic carbocycles. The third kappa shape index (κ3) is 6.15. The van der Waals surface area contributed by atoms with Gasteiger partial charge in [-0.05, 0) is 101 Å². The summed E-state index contributed by atoms with van der Waals surface area (Å²) in [5.41, 5.74) is 2.99. The van der Waals surface area contributed by atoms with E-state index >= 15 is 0 Å². The summed E-state index contributed by atoms with van der Waals surface area (Å²) in [6.45, 7) is 10.5. The highest BCUT2D eigenvalue weighted by Crippen LogP contribution is 2.41. The van der Waals surface area contributed by atoms with Crippen LogP contribution in [0.5, 0.6) is 11.5 Å². The zero-order valence-electron chi connectivity index (χ0n) is 21.6. The van der Waals surface area contributed by atoms with Crippen LogP contribution in [0.4, 0.5) is 0 Å². The Kier molecular flexibility index (Phi) is 7.56. The molecule has 4 rings (SSSR count). The molecule has 3 aromatic rings. The van der Waals surface area contributed by atoms with E-state index in [-0.39, 0.29) is 16.9 Å². The van der Waals surface area contributed by atoms with Gasteiger partial charge in [-0.2, -0.15) is 0 Å². The smallest absolute Gasteiger partial charge is 0.163 e. The summed E-state index contributed by atoms with van der Waals surface area (Å²) < 4.78 is 6.24. The Morgan fingerprint density at radius 3 is 2.36 bits per heavy atom. The second-order valence-corrected chi connectivity index (χ2v) is 11.6. The molecule has 2 N–H and O–H groups in total. The van der Waals surface area contributed by atoms with Gasteiger partial charge in [-0.3, -0.25) is 9.78 Å². The van der Waals surface area contributed by atoms with E-state index in [0.717, 1.165) is 29.5 Å². The van der Waals surface area contributed by atoms with E-state index in [0.29, 0.717) is 34.4 Å². The summed E-state index contributed by atoms with van der Waals surface area (Å²) in [5, 5.41) is 14.4. The predicted molar refractivity (Wildman–Crippen MR) is 145 cm³/mol. The number of benzene rings is 2. The Balaban J connectivity index is 1.57. The van der Waals surface area contributed by atoms with Gasteiger partial charge in [0.25, 0.3) is 0 Å². The number of aliphatic hydroxyl groups excluding tert-OH is 1. The Morgan fingerprint density at radius 1 is 1.08 bits per heavy atom. The van der Waals surface area contributed by atoms with Crippen molar-refractivity contribution in [1.29, 1.82) is 0 Å². The number of ketones is 1. The van der Waals surface area contributed by atoms with Gasteiger partial charge < -0.3 is 15.2 Å². The molecule has 0 spiro atoms. The summed E-state index contributed by atoms with van der Waals surface area (Å²) in [6, 6.07) is 14.5. The second-order valence-electron chi connectivity index (χ2n) is 11.2. The van der Waals surface area contributed by atoms with Crippen molar-refractivity contribution in [2.24, 2.45) is 5.92 Å². The molecule has 5 nitrogen and oxygen atoms in total. The first-order valence-electron chi connectivity index (χ1n) is 12.5. The molecule has 6 heteroatoms. The molecular formula is C30H35ClN2O3. The molecule has 1 aliphatic rings. The van der Waals surface area contributed by atoms with Crippen molar-refractivity contribution < 1.29 is 14.6 Å².